The van der Waals surface area contributed by atoms with E-state index in [0.717, 1.165) is 25.7 Å². The zero-order valence-corrected chi connectivity index (χ0v) is 19.2. The Morgan fingerprint density at radius 2 is 1.00 bits per heavy atom. The lowest BCUT2D eigenvalue weighted by molar-refractivity contribution is -0.715. The number of aryl methyl sites for hydroxylation is 2. The van der Waals surface area contributed by atoms with E-state index < -0.39 is 0 Å². The number of rotatable bonds is 10. The SMILES string of the molecule is CCCC(c1ccc(C(CCC)[n+]2cccc(CC)c2)cc1)[n+]1cccc(CC)c1. The average molecular weight is 403 g/mol. The van der Waals surface area contributed by atoms with Crippen molar-refractivity contribution in [3.63, 3.8) is 0 Å². The summed E-state index contributed by atoms with van der Waals surface area (Å²) in [5.41, 5.74) is 5.60. The Bertz CT molecular complexity index is 837. The number of hydrogen-bond donors (Lipinski definition) is 0. The Balaban J connectivity index is 1.91. The first-order chi connectivity index (χ1) is 14.7. The molecule has 2 aromatic heterocycles. The van der Waals surface area contributed by atoms with Crippen molar-refractivity contribution in [1.29, 1.82) is 0 Å². The number of pyridine rings is 2. The number of nitrogens with zero attached hydrogens (tertiary/aromatic N) is 2. The summed E-state index contributed by atoms with van der Waals surface area (Å²) in [4.78, 5) is 0. The minimum absolute atomic E-state index is 0.399. The Morgan fingerprint density at radius 3 is 1.33 bits per heavy atom. The topological polar surface area (TPSA) is 7.76 Å². The van der Waals surface area contributed by atoms with E-state index >= 15 is 0 Å². The van der Waals surface area contributed by atoms with E-state index in [1.165, 1.54) is 35.1 Å². The van der Waals surface area contributed by atoms with Crippen LogP contribution in [0.25, 0.3) is 0 Å². The summed E-state index contributed by atoms with van der Waals surface area (Å²) in [6.07, 6.45) is 15.9. The molecule has 2 heteroatoms. The van der Waals surface area contributed by atoms with E-state index in [4.69, 9.17) is 0 Å². The monoisotopic (exact) mass is 402 g/mol. The summed E-state index contributed by atoms with van der Waals surface area (Å²) in [5, 5.41) is 0. The summed E-state index contributed by atoms with van der Waals surface area (Å²) >= 11 is 0. The lowest BCUT2D eigenvalue weighted by Gasteiger charge is -2.16. The standard InChI is InChI=1S/C28H38N2/c1-5-11-27(29-19-9-13-23(7-3)21-29)25-15-17-26(18-16-25)28(12-6-2)30-20-10-14-24(8-4)22-30/h9-10,13-22,27-28H,5-8,11-12H2,1-4H3/q+2. The zero-order valence-electron chi connectivity index (χ0n) is 19.2. The third-order valence-electron chi connectivity index (χ3n) is 6.13. The van der Waals surface area contributed by atoms with Crippen LogP contribution in [0, 0.1) is 0 Å². The Kier molecular flexibility index (Phi) is 8.19. The molecule has 1 aromatic carbocycles. The van der Waals surface area contributed by atoms with Crippen LogP contribution < -0.4 is 9.13 Å². The van der Waals surface area contributed by atoms with Crippen LogP contribution in [0.2, 0.25) is 0 Å². The van der Waals surface area contributed by atoms with Crippen LogP contribution >= 0.6 is 0 Å². The summed E-state index contributed by atoms with van der Waals surface area (Å²) < 4.78 is 4.81. The maximum atomic E-state index is 2.40. The average Bonchev–Trinajstić information content (AvgIpc) is 2.81. The highest BCUT2D eigenvalue weighted by atomic mass is 15.0. The largest absolute Gasteiger partial charge is 0.198 e. The maximum Gasteiger partial charge on any atom is 0.183 e. The molecule has 0 N–H and O–H groups in total. The molecule has 0 radical (unpaired) electrons. The van der Waals surface area contributed by atoms with Gasteiger partial charge >= 0.3 is 0 Å². The molecule has 158 valence electrons. The lowest BCUT2D eigenvalue weighted by Crippen LogP contribution is -2.40. The number of aromatic nitrogens is 2. The van der Waals surface area contributed by atoms with Gasteiger partial charge in [0.05, 0.1) is 0 Å². The van der Waals surface area contributed by atoms with Crippen LogP contribution in [0.15, 0.2) is 73.3 Å². The Morgan fingerprint density at radius 1 is 0.600 bits per heavy atom. The van der Waals surface area contributed by atoms with Gasteiger partial charge < -0.3 is 0 Å². The second-order valence-electron chi connectivity index (χ2n) is 8.30. The summed E-state index contributed by atoms with van der Waals surface area (Å²) in [7, 11) is 0. The molecule has 0 spiro atoms. The third kappa shape index (κ3) is 5.36. The molecule has 3 aromatic rings. The first-order valence-corrected chi connectivity index (χ1v) is 11.8. The van der Waals surface area contributed by atoms with Crippen molar-refractivity contribution in [3.05, 3.63) is 95.6 Å². The molecule has 0 bridgehead atoms. The van der Waals surface area contributed by atoms with Gasteiger partial charge in [0.2, 0.25) is 0 Å². The van der Waals surface area contributed by atoms with Crippen molar-refractivity contribution in [2.24, 2.45) is 0 Å². The molecule has 3 rings (SSSR count). The summed E-state index contributed by atoms with van der Waals surface area (Å²) in [6, 6.07) is 19.0. The van der Waals surface area contributed by atoms with E-state index in [-0.39, 0.29) is 0 Å². The van der Waals surface area contributed by atoms with E-state index in [2.05, 4.69) is 110 Å². The minimum atomic E-state index is 0.399. The molecule has 0 aliphatic rings. The van der Waals surface area contributed by atoms with Crippen molar-refractivity contribution in [1.82, 2.24) is 0 Å². The molecule has 2 unspecified atom stereocenters. The van der Waals surface area contributed by atoms with Crippen LogP contribution in [-0.2, 0) is 12.8 Å². The van der Waals surface area contributed by atoms with Crippen molar-refractivity contribution >= 4 is 0 Å². The van der Waals surface area contributed by atoms with Gasteiger partial charge in [0, 0.05) is 47.2 Å². The Hall–Kier alpha value is -2.48. The highest BCUT2D eigenvalue weighted by Crippen LogP contribution is 2.23. The molecular weight excluding hydrogens is 364 g/mol. The smallest absolute Gasteiger partial charge is 0.183 e. The molecule has 0 saturated carbocycles. The first kappa shape index (κ1) is 22.2. The fourth-order valence-corrected chi connectivity index (χ4v) is 4.36. The second kappa shape index (κ2) is 11.1. The van der Waals surface area contributed by atoms with Gasteiger partial charge in [-0.25, -0.2) is 0 Å². The van der Waals surface area contributed by atoms with Gasteiger partial charge in [-0.3, -0.25) is 0 Å². The van der Waals surface area contributed by atoms with Gasteiger partial charge in [-0.05, 0) is 37.8 Å². The van der Waals surface area contributed by atoms with Crippen molar-refractivity contribution < 1.29 is 9.13 Å². The number of benzene rings is 1. The first-order valence-electron chi connectivity index (χ1n) is 11.8. The number of hydrogen-bond acceptors (Lipinski definition) is 0. The van der Waals surface area contributed by atoms with Gasteiger partial charge in [-0.1, -0.05) is 52.0 Å². The van der Waals surface area contributed by atoms with Crippen LogP contribution in [0.4, 0.5) is 0 Å². The van der Waals surface area contributed by atoms with Gasteiger partial charge in [-0.2, -0.15) is 9.13 Å². The molecule has 2 nitrogen and oxygen atoms in total. The van der Waals surface area contributed by atoms with Crippen molar-refractivity contribution in [3.8, 4) is 0 Å². The van der Waals surface area contributed by atoms with Crippen LogP contribution in [0.3, 0.4) is 0 Å². The maximum absolute atomic E-state index is 2.40. The second-order valence-corrected chi connectivity index (χ2v) is 8.30. The molecular formula is C28H38N2+2. The van der Waals surface area contributed by atoms with Gasteiger partial charge in [0.15, 0.2) is 36.9 Å². The van der Waals surface area contributed by atoms with Crippen LogP contribution in [0.1, 0.15) is 87.7 Å². The zero-order chi connectivity index (χ0) is 21.3. The van der Waals surface area contributed by atoms with Gasteiger partial charge in [-0.15, -0.1) is 0 Å². The van der Waals surface area contributed by atoms with E-state index in [9.17, 15) is 0 Å². The molecule has 0 saturated heterocycles. The van der Waals surface area contributed by atoms with E-state index in [1.807, 2.05) is 0 Å². The van der Waals surface area contributed by atoms with Crippen LogP contribution in [-0.4, -0.2) is 0 Å². The highest BCUT2D eigenvalue weighted by Gasteiger charge is 2.23. The molecule has 2 atom stereocenters. The Labute approximate surface area is 183 Å². The molecule has 30 heavy (non-hydrogen) atoms. The fourth-order valence-electron chi connectivity index (χ4n) is 4.36. The predicted octanol–water partition coefficient (Wildman–Crippen LogP) is 6.17. The van der Waals surface area contributed by atoms with Gasteiger partial charge in [0.1, 0.15) is 0 Å². The van der Waals surface area contributed by atoms with Crippen molar-refractivity contribution in [2.45, 2.75) is 78.3 Å². The van der Waals surface area contributed by atoms with Gasteiger partial charge in [0.25, 0.3) is 0 Å². The summed E-state index contributed by atoms with van der Waals surface area (Å²) in [5.74, 6) is 0. The fraction of sp³-hybridized carbons (Fsp3) is 0.429. The molecule has 0 aliphatic heterocycles. The minimum Gasteiger partial charge on any atom is -0.198 e. The third-order valence-corrected chi connectivity index (χ3v) is 6.13. The molecule has 0 aliphatic carbocycles. The van der Waals surface area contributed by atoms with E-state index in [1.54, 1.807) is 0 Å². The molecule has 2 heterocycles. The highest BCUT2D eigenvalue weighted by molar-refractivity contribution is 5.26. The predicted molar refractivity (Wildman–Crippen MR) is 125 cm³/mol. The summed E-state index contributed by atoms with van der Waals surface area (Å²) in [6.45, 7) is 9.01. The quantitative estimate of drug-likeness (QED) is 0.359. The molecule has 0 amide bonds. The van der Waals surface area contributed by atoms with Crippen LogP contribution in [0.5, 0.6) is 0 Å². The van der Waals surface area contributed by atoms with Crippen molar-refractivity contribution in [2.75, 3.05) is 0 Å². The normalized spacial score (nSPS) is 13.2. The van der Waals surface area contributed by atoms with E-state index in [0.29, 0.717) is 12.1 Å². The lowest BCUT2D eigenvalue weighted by atomic mass is 9.96. The molecule has 0 fully saturated rings.